The Balaban J connectivity index is 3.54. The lowest BCUT2D eigenvalue weighted by atomic mass is 10.3. The van der Waals surface area contributed by atoms with Crippen LogP contribution in [0.3, 0.4) is 0 Å². The fourth-order valence-electron chi connectivity index (χ4n) is 0.944. The molecule has 0 radical (unpaired) electrons. The van der Waals surface area contributed by atoms with Crippen molar-refractivity contribution in [3.05, 3.63) is 12.2 Å². The standard InChI is InChI=1S/C10H19BrO2/c1-3-12-10(13-4-2)8-6-5-7-9-11/h5-6,10H,3-4,7-9H2,1-2H3/b6-5-. The summed E-state index contributed by atoms with van der Waals surface area (Å²) in [5.41, 5.74) is 0. The second-order valence-electron chi connectivity index (χ2n) is 2.53. The summed E-state index contributed by atoms with van der Waals surface area (Å²) in [4.78, 5) is 0. The van der Waals surface area contributed by atoms with E-state index in [9.17, 15) is 0 Å². The van der Waals surface area contributed by atoms with E-state index in [2.05, 4.69) is 28.1 Å². The van der Waals surface area contributed by atoms with Gasteiger partial charge in [0.2, 0.25) is 0 Å². The van der Waals surface area contributed by atoms with E-state index in [1.165, 1.54) is 0 Å². The van der Waals surface area contributed by atoms with Crippen molar-refractivity contribution in [3.8, 4) is 0 Å². The van der Waals surface area contributed by atoms with Crippen molar-refractivity contribution in [1.29, 1.82) is 0 Å². The van der Waals surface area contributed by atoms with Crippen LogP contribution < -0.4 is 0 Å². The number of ether oxygens (including phenoxy) is 2. The third-order valence-electron chi connectivity index (χ3n) is 1.48. The van der Waals surface area contributed by atoms with Gasteiger partial charge in [0.1, 0.15) is 0 Å². The molecule has 0 aliphatic heterocycles. The summed E-state index contributed by atoms with van der Waals surface area (Å²) in [5.74, 6) is 0. The fraction of sp³-hybridized carbons (Fsp3) is 0.800. The van der Waals surface area contributed by atoms with Crippen LogP contribution in [0.5, 0.6) is 0 Å². The van der Waals surface area contributed by atoms with E-state index in [-0.39, 0.29) is 6.29 Å². The average Bonchev–Trinajstić information content (AvgIpc) is 2.13. The van der Waals surface area contributed by atoms with Crippen LogP contribution in [0.2, 0.25) is 0 Å². The summed E-state index contributed by atoms with van der Waals surface area (Å²) in [6, 6.07) is 0. The van der Waals surface area contributed by atoms with Gasteiger partial charge in [-0.2, -0.15) is 0 Å². The molecule has 0 unspecified atom stereocenters. The van der Waals surface area contributed by atoms with Crippen molar-refractivity contribution < 1.29 is 9.47 Å². The molecule has 0 saturated heterocycles. The van der Waals surface area contributed by atoms with E-state index >= 15 is 0 Å². The molecule has 0 aliphatic carbocycles. The monoisotopic (exact) mass is 250 g/mol. The second kappa shape index (κ2) is 10.2. The molecule has 13 heavy (non-hydrogen) atoms. The van der Waals surface area contributed by atoms with E-state index in [4.69, 9.17) is 9.47 Å². The molecular formula is C10H19BrO2. The smallest absolute Gasteiger partial charge is 0.160 e. The molecule has 0 amide bonds. The molecule has 0 bridgehead atoms. The first-order valence-corrected chi connectivity index (χ1v) is 5.91. The summed E-state index contributed by atoms with van der Waals surface area (Å²) in [7, 11) is 0. The first-order valence-electron chi connectivity index (χ1n) is 4.79. The Morgan fingerprint density at radius 1 is 1.15 bits per heavy atom. The zero-order valence-electron chi connectivity index (χ0n) is 8.46. The number of hydrogen-bond donors (Lipinski definition) is 0. The van der Waals surface area contributed by atoms with Crippen molar-refractivity contribution in [3.63, 3.8) is 0 Å². The number of halogens is 1. The molecule has 78 valence electrons. The van der Waals surface area contributed by atoms with Crippen molar-refractivity contribution in [2.75, 3.05) is 18.5 Å². The van der Waals surface area contributed by atoms with Crippen LogP contribution >= 0.6 is 15.9 Å². The number of alkyl halides is 1. The predicted molar refractivity (Wildman–Crippen MR) is 59.2 cm³/mol. The van der Waals surface area contributed by atoms with Gasteiger partial charge in [0, 0.05) is 25.0 Å². The van der Waals surface area contributed by atoms with Gasteiger partial charge >= 0.3 is 0 Å². The van der Waals surface area contributed by atoms with Gasteiger partial charge in [-0.3, -0.25) is 0 Å². The highest BCUT2D eigenvalue weighted by molar-refractivity contribution is 9.09. The molecule has 0 heterocycles. The lowest BCUT2D eigenvalue weighted by molar-refractivity contribution is -0.133. The highest BCUT2D eigenvalue weighted by Gasteiger charge is 2.03. The van der Waals surface area contributed by atoms with Crippen LogP contribution in [-0.2, 0) is 9.47 Å². The van der Waals surface area contributed by atoms with Crippen LogP contribution in [0.25, 0.3) is 0 Å². The van der Waals surface area contributed by atoms with Crippen LogP contribution in [-0.4, -0.2) is 24.8 Å². The van der Waals surface area contributed by atoms with Gasteiger partial charge < -0.3 is 9.47 Å². The summed E-state index contributed by atoms with van der Waals surface area (Å²) in [5, 5.41) is 1.01. The Labute approximate surface area is 89.4 Å². The predicted octanol–water partition coefficient (Wildman–Crippen LogP) is 3.12. The van der Waals surface area contributed by atoms with E-state index in [1.54, 1.807) is 0 Å². The number of allylic oxidation sites excluding steroid dienone is 1. The molecule has 0 fully saturated rings. The SMILES string of the molecule is CCOC(C/C=C\CCBr)OCC. The molecular weight excluding hydrogens is 232 g/mol. The molecule has 3 heteroatoms. The molecule has 0 saturated carbocycles. The number of rotatable bonds is 8. The first-order chi connectivity index (χ1) is 6.35. The normalized spacial score (nSPS) is 11.7. The van der Waals surface area contributed by atoms with Crippen molar-refractivity contribution in [2.45, 2.75) is 33.0 Å². The molecule has 0 aromatic heterocycles. The third-order valence-corrected chi connectivity index (χ3v) is 1.93. The minimum absolute atomic E-state index is 0.0680. The van der Waals surface area contributed by atoms with Gasteiger partial charge in [0.25, 0.3) is 0 Å². The topological polar surface area (TPSA) is 18.5 Å². The second-order valence-corrected chi connectivity index (χ2v) is 3.32. The van der Waals surface area contributed by atoms with Crippen LogP contribution in [0, 0.1) is 0 Å². The highest BCUT2D eigenvalue weighted by atomic mass is 79.9. The molecule has 0 rings (SSSR count). The van der Waals surface area contributed by atoms with Crippen molar-refractivity contribution in [2.24, 2.45) is 0 Å². The molecule has 0 N–H and O–H groups in total. The van der Waals surface area contributed by atoms with Gasteiger partial charge in [0.15, 0.2) is 6.29 Å². The Hall–Kier alpha value is 0.140. The Morgan fingerprint density at radius 3 is 2.23 bits per heavy atom. The molecule has 0 spiro atoms. The summed E-state index contributed by atoms with van der Waals surface area (Å²) in [6.45, 7) is 5.37. The van der Waals surface area contributed by atoms with E-state index in [0.717, 1.165) is 18.2 Å². The minimum atomic E-state index is -0.0680. The molecule has 0 aliphatic rings. The lowest BCUT2D eigenvalue weighted by Gasteiger charge is -2.14. The van der Waals surface area contributed by atoms with Gasteiger partial charge in [-0.25, -0.2) is 0 Å². The van der Waals surface area contributed by atoms with Crippen LogP contribution in [0.15, 0.2) is 12.2 Å². The highest BCUT2D eigenvalue weighted by Crippen LogP contribution is 2.02. The Kier molecular flexibility index (Phi) is 10.3. The van der Waals surface area contributed by atoms with Crippen molar-refractivity contribution in [1.82, 2.24) is 0 Å². The van der Waals surface area contributed by atoms with E-state index < -0.39 is 0 Å². The van der Waals surface area contributed by atoms with E-state index in [1.807, 2.05) is 13.8 Å². The molecule has 2 nitrogen and oxygen atoms in total. The van der Waals surface area contributed by atoms with Gasteiger partial charge in [-0.1, -0.05) is 28.1 Å². The third kappa shape index (κ3) is 8.47. The Bertz CT molecular complexity index is 120. The quantitative estimate of drug-likeness (QED) is 0.375. The zero-order valence-corrected chi connectivity index (χ0v) is 10.0. The minimum Gasteiger partial charge on any atom is -0.353 e. The van der Waals surface area contributed by atoms with Crippen LogP contribution in [0.4, 0.5) is 0 Å². The Morgan fingerprint density at radius 2 is 1.77 bits per heavy atom. The molecule has 0 aromatic carbocycles. The van der Waals surface area contributed by atoms with Gasteiger partial charge in [0.05, 0.1) is 0 Å². The lowest BCUT2D eigenvalue weighted by Crippen LogP contribution is -2.16. The molecule has 0 aromatic rings. The van der Waals surface area contributed by atoms with E-state index in [0.29, 0.717) is 13.2 Å². The zero-order chi connectivity index (χ0) is 9.94. The van der Waals surface area contributed by atoms with Gasteiger partial charge in [-0.15, -0.1) is 0 Å². The maximum Gasteiger partial charge on any atom is 0.160 e. The van der Waals surface area contributed by atoms with Crippen molar-refractivity contribution >= 4 is 15.9 Å². The van der Waals surface area contributed by atoms with Crippen LogP contribution in [0.1, 0.15) is 26.7 Å². The fourth-order valence-corrected chi connectivity index (χ4v) is 1.21. The number of hydrogen-bond acceptors (Lipinski definition) is 2. The maximum absolute atomic E-state index is 5.38. The largest absolute Gasteiger partial charge is 0.353 e. The first kappa shape index (κ1) is 13.1. The summed E-state index contributed by atoms with van der Waals surface area (Å²) in [6.07, 6.45) is 6.08. The summed E-state index contributed by atoms with van der Waals surface area (Å²) >= 11 is 3.36. The summed E-state index contributed by atoms with van der Waals surface area (Å²) < 4.78 is 10.8. The maximum atomic E-state index is 5.38. The molecule has 0 atom stereocenters. The average molecular weight is 251 g/mol. The van der Waals surface area contributed by atoms with Gasteiger partial charge in [-0.05, 0) is 20.3 Å².